The molecular formula is C31H37ClFN5O4. The van der Waals surface area contributed by atoms with Crippen LogP contribution in [0, 0.1) is 5.82 Å². The molecule has 2 unspecified atom stereocenters. The van der Waals surface area contributed by atoms with Gasteiger partial charge in [0.05, 0.1) is 11.1 Å². The van der Waals surface area contributed by atoms with Crippen molar-refractivity contribution in [1.82, 2.24) is 20.1 Å². The molecule has 0 bridgehead atoms. The molecule has 0 saturated carbocycles. The van der Waals surface area contributed by atoms with Crippen LogP contribution in [-0.4, -0.2) is 77.6 Å². The van der Waals surface area contributed by atoms with Crippen LogP contribution in [0.3, 0.4) is 0 Å². The van der Waals surface area contributed by atoms with Gasteiger partial charge in [0.15, 0.2) is 0 Å². The Morgan fingerprint density at radius 3 is 2.57 bits per heavy atom. The van der Waals surface area contributed by atoms with Crippen LogP contribution in [0.25, 0.3) is 10.8 Å². The van der Waals surface area contributed by atoms with Gasteiger partial charge in [-0.05, 0) is 49.8 Å². The highest BCUT2D eigenvalue weighted by Gasteiger charge is 2.27. The largest absolute Gasteiger partial charge is 0.447 e. The fourth-order valence-electron chi connectivity index (χ4n) is 5.20. The maximum atomic E-state index is 13.9. The van der Waals surface area contributed by atoms with E-state index in [1.807, 2.05) is 43.0 Å². The number of hydrogen-bond acceptors (Lipinski definition) is 6. The number of anilines is 1. The standard InChI is InChI=1S/C31H37ClFN5O4/c1-20-17-38(18-21(2)35-20)29(40)14-12-25(37(3)28(39)13-11-22-9-6-10-26(33)30(22)32)19-42-31(41)36-27-15-23-7-4-5-8-24(23)16-34-27/h4-10,15-16,20-21,25,35H,11-14,17-19H2,1-3H3,(H,34,36,41)/t20?,21?,25-/m0/s1. The predicted molar refractivity (Wildman–Crippen MR) is 161 cm³/mol. The van der Waals surface area contributed by atoms with Crippen molar-refractivity contribution in [3.8, 4) is 0 Å². The zero-order valence-corrected chi connectivity index (χ0v) is 24.9. The number of likely N-dealkylation sites (N-methyl/N-ethyl adjacent to an activating group) is 1. The van der Waals surface area contributed by atoms with Crippen LogP contribution in [0.15, 0.2) is 54.7 Å². The van der Waals surface area contributed by atoms with E-state index in [9.17, 15) is 18.8 Å². The number of halogens is 2. The summed E-state index contributed by atoms with van der Waals surface area (Å²) in [4.78, 5) is 46.5. The smallest absolute Gasteiger partial charge is 0.412 e. The molecule has 224 valence electrons. The maximum Gasteiger partial charge on any atom is 0.412 e. The highest BCUT2D eigenvalue weighted by atomic mass is 35.5. The Labute approximate surface area is 250 Å². The number of carbonyl (C=O) groups is 3. The number of benzene rings is 2. The number of hydrogen-bond donors (Lipinski definition) is 2. The Hall–Kier alpha value is -3.76. The second-order valence-corrected chi connectivity index (χ2v) is 11.2. The number of ether oxygens (including phenoxy) is 1. The van der Waals surface area contributed by atoms with E-state index in [2.05, 4.69) is 15.6 Å². The quantitative estimate of drug-likeness (QED) is 0.340. The average molecular weight is 598 g/mol. The molecular weight excluding hydrogens is 561 g/mol. The number of carbonyl (C=O) groups excluding carboxylic acids is 3. The van der Waals surface area contributed by atoms with Gasteiger partial charge in [-0.25, -0.2) is 14.2 Å². The van der Waals surface area contributed by atoms with Crippen LogP contribution < -0.4 is 10.6 Å². The van der Waals surface area contributed by atoms with Crippen molar-refractivity contribution < 1.29 is 23.5 Å². The zero-order valence-electron chi connectivity index (χ0n) is 24.1. The van der Waals surface area contributed by atoms with E-state index >= 15 is 0 Å². The number of nitrogens with zero attached hydrogens (tertiary/aromatic N) is 3. The highest BCUT2D eigenvalue weighted by Crippen LogP contribution is 2.22. The van der Waals surface area contributed by atoms with E-state index in [-0.39, 0.29) is 54.8 Å². The Balaban J connectivity index is 1.39. The third-order valence-corrected chi connectivity index (χ3v) is 7.87. The SMILES string of the molecule is CC1CN(C(=O)CC[C@@H](COC(=O)Nc2cc3ccccc3cn2)N(C)C(=O)CCc2cccc(F)c2Cl)CC(C)N1. The van der Waals surface area contributed by atoms with Crippen LogP contribution in [0.5, 0.6) is 0 Å². The van der Waals surface area contributed by atoms with E-state index in [1.54, 1.807) is 31.4 Å². The fraction of sp³-hybridized carbons (Fsp3) is 0.419. The molecule has 0 aliphatic carbocycles. The molecule has 3 atom stereocenters. The minimum Gasteiger partial charge on any atom is -0.447 e. The second kappa shape index (κ2) is 14.4. The van der Waals surface area contributed by atoms with Crippen LogP contribution in [0.1, 0.15) is 38.7 Å². The molecule has 4 rings (SSSR count). The number of piperazine rings is 1. The molecule has 42 heavy (non-hydrogen) atoms. The van der Waals surface area contributed by atoms with Gasteiger partial charge >= 0.3 is 6.09 Å². The summed E-state index contributed by atoms with van der Waals surface area (Å²) in [6.07, 6.45) is 1.76. The van der Waals surface area contributed by atoms with E-state index in [4.69, 9.17) is 16.3 Å². The van der Waals surface area contributed by atoms with Crippen LogP contribution in [0.4, 0.5) is 15.0 Å². The lowest BCUT2D eigenvalue weighted by atomic mass is 10.1. The van der Waals surface area contributed by atoms with Gasteiger partial charge in [-0.2, -0.15) is 0 Å². The van der Waals surface area contributed by atoms with Crippen molar-refractivity contribution in [3.05, 3.63) is 71.1 Å². The molecule has 0 spiro atoms. The molecule has 2 heterocycles. The monoisotopic (exact) mass is 597 g/mol. The lowest BCUT2D eigenvalue weighted by Crippen LogP contribution is -2.56. The van der Waals surface area contributed by atoms with Gasteiger partial charge in [-0.1, -0.05) is 48.0 Å². The van der Waals surface area contributed by atoms with E-state index < -0.39 is 18.0 Å². The molecule has 0 radical (unpaired) electrons. The summed E-state index contributed by atoms with van der Waals surface area (Å²) in [6.45, 7) is 5.16. The molecule has 1 saturated heterocycles. The van der Waals surface area contributed by atoms with E-state index in [0.717, 1.165) is 10.8 Å². The highest BCUT2D eigenvalue weighted by molar-refractivity contribution is 6.31. The molecule has 9 nitrogen and oxygen atoms in total. The molecule has 3 amide bonds. The Morgan fingerprint density at radius 2 is 1.83 bits per heavy atom. The number of nitrogens with one attached hydrogen (secondary N) is 2. The van der Waals surface area contributed by atoms with Gasteiger partial charge in [0.1, 0.15) is 18.2 Å². The summed E-state index contributed by atoms with van der Waals surface area (Å²) >= 11 is 6.06. The Kier molecular flexibility index (Phi) is 10.7. The van der Waals surface area contributed by atoms with Crippen molar-refractivity contribution in [2.24, 2.45) is 0 Å². The second-order valence-electron chi connectivity index (χ2n) is 10.8. The Morgan fingerprint density at radius 1 is 1.12 bits per heavy atom. The molecule has 2 aromatic carbocycles. The first-order chi connectivity index (χ1) is 20.1. The number of fused-ring (bicyclic) bond motifs is 1. The van der Waals surface area contributed by atoms with Crippen molar-refractivity contribution in [3.63, 3.8) is 0 Å². The molecule has 1 fully saturated rings. The van der Waals surface area contributed by atoms with E-state index in [0.29, 0.717) is 30.9 Å². The van der Waals surface area contributed by atoms with Gasteiger partial charge in [0.2, 0.25) is 11.8 Å². The van der Waals surface area contributed by atoms with Crippen LogP contribution in [0.2, 0.25) is 5.02 Å². The molecule has 2 N–H and O–H groups in total. The zero-order chi connectivity index (χ0) is 30.2. The number of pyridine rings is 1. The van der Waals surface area contributed by atoms with Gasteiger partial charge in [-0.3, -0.25) is 14.9 Å². The molecule has 1 aromatic heterocycles. The lowest BCUT2D eigenvalue weighted by Gasteiger charge is -2.36. The third-order valence-electron chi connectivity index (χ3n) is 7.45. The first-order valence-corrected chi connectivity index (χ1v) is 14.5. The van der Waals surface area contributed by atoms with Gasteiger partial charge in [0.25, 0.3) is 0 Å². The van der Waals surface area contributed by atoms with Gasteiger partial charge < -0.3 is 19.9 Å². The number of aryl methyl sites for hydroxylation is 1. The topological polar surface area (TPSA) is 104 Å². The van der Waals surface area contributed by atoms with Crippen molar-refractivity contribution >= 4 is 46.1 Å². The minimum absolute atomic E-state index is 0.00289. The van der Waals surface area contributed by atoms with Crippen LogP contribution >= 0.6 is 11.6 Å². The summed E-state index contributed by atoms with van der Waals surface area (Å²) in [5, 5.41) is 7.90. The first kappa shape index (κ1) is 31.2. The number of aromatic nitrogens is 1. The normalized spacial score (nSPS) is 17.5. The van der Waals surface area contributed by atoms with Crippen molar-refractivity contribution in [1.29, 1.82) is 0 Å². The summed E-state index contributed by atoms with van der Waals surface area (Å²) < 4.78 is 19.4. The minimum atomic E-state index is -0.716. The third kappa shape index (κ3) is 8.39. The first-order valence-electron chi connectivity index (χ1n) is 14.1. The predicted octanol–water partition coefficient (Wildman–Crippen LogP) is 5.02. The summed E-state index contributed by atoms with van der Waals surface area (Å²) in [6, 6.07) is 13.7. The summed E-state index contributed by atoms with van der Waals surface area (Å²) in [7, 11) is 1.62. The van der Waals surface area contributed by atoms with Gasteiger partial charge in [0, 0.05) is 56.6 Å². The average Bonchev–Trinajstić information content (AvgIpc) is 2.96. The van der Waals surface area contributed by atoms with Gasteiger partial charge in [-0.15, -0.1) is 0 Å². The van der Waals surface area contributed by atoms with E-state index in [1.165, 1.54) is 11.0 Å². The van der Waals surface area contributed by atoms with Crippen molar-refractivity contribution in [2.75, 3.05) is 32.1 Å². The molecule has 1 aliphatic heterocycles. The molecule has 11 heteroatoms. The Bertz CT molecular complexity index is 1410. The van der Waals surface area contributed by atoms with Crippen LogP contribution in [-0.2, 0) is 20.7 Å². The molecule has 3 aromatic rings. The molecule has 1 aliphatic rings. The number of amides is 3. The maximum absolute atomic E-state index is 13.9. The summed E-state index contributed by atoms with van der Waals surface area (Å²) in [5.74, 6) is -0.457. The number of rotatable bonds is 10. The summed E-state index contributed by atoms with van der Waals surface area (Å²) in [5.41, 5.74) is 0.533. The van der Waals surface area contributed by atoms with Crippen molar-refractivity contribution in [2.45, 2.75) is 57.7 Å². The fourth-order valence-corrected chi connectivity index (χ4v) is 5.42. The lowest BCUT2D eigenvalue weighted by molar-refractivity contribution is -0.136.